The van der Waals surface area contributed by atoms with E-state index in [-0.39, 0.29) is 5.91 Å². The first kappa shape index (κ1) is 15.8. The number of amides is 1. The SMILES string of the molecule is O=C(NCc1ccccc1)c1cncc(-c2ccc(F)c(F)c2)c1. The summed E-state index contributed by atoms with van der Waals surface area (Å²) in [5.74, 6) is -2.13. The lowest BCUT2D eigenvalue weighted by molar-refractivity contribution is 0.0950. The minimum atomic E-state index is -0.938. The predicted octanol–water partition coefficient (Wildman–Crippen LogP) is 3.96. The Morgan fingerprint density at radius 2 is 1.71 bits per heavy atom. The Labute approximate surface area is 138 Å². The van der Waals surface area contributed by atoms with Gasteiger partial charge in [-0.15, -0.1) is 0 Å². The first-order chi connectivity index (χ1) is 11.6. The number of nitrogens with zero attached hydrogens (tertiary/aromatic N) is 1. The summed E-state index contributed by atoms with van der Waals surface area (Å²) in [6.07, 6.45) is 2.93. The van der Waals surface area contributed by atoms with Crippen molar-refractivity contribution in [2.45, 2.75) is 6.54 Å². The van der Waals surface area contributed by atoms with Crippen LogP contribution in [-0.2, 0) is 6.54 Å². The molecule has 0 unspecified atom stereocenters. The van der Waals surface area contributed by atoms with Crippen LogP contribution in [0.1, 0.15) is 15.9 Å². The Kier molecular flexibility index (Phi) is 4.61. The van der Waals surface area contributed by atoms with Crippen LogP contribution in [0.2, 0.25) is 0 Å². The third-order valence-electron chi connectivity index (χ3n) is 3.55. The van der Waals surface area contributed by atoms with E-state index in [0.717, 1.165) is 17.7 Å². The Morgan fingerprint density at radius 1 is 0.917 bits per heavy atom. The highest BCUT2D eigenvalue weighted by molar-refractivity contribution is 5.95. The molecule has 120 valence electrons. The van der Waals surface area contributed by atoms with Crippen LogP contribution in [0.4, 0.5) is 8.78 Å². The summed E-state index contributed by atoms with van der Waals surface area (Å²) < 4.78 is 26.4. The molecule has 1 N–H and O–H groups in total. The van der Waals surface area contributed by atoms with Gasteiger partial charge >= 0.3 is 0 Å². The monoisotopic (exact) mass is 324 g/mol. The van der Waals surface area contributed by atoms with Crippen molar-refractivity contribution in [2.75, 3.05) is 0 Å². The van der Waals surface area contributed by atoms with E-state index in [0.29, 0.717) is 23.2 Å². The second-order valence-corrected chi connectivity index (χ2v) is 5.26. The molecule has 0 fully saturated rings. The van der Waals surface area contributed by atoms with Crippen LogP contribution < -0.4 is 5.32 Å². The third kappa shape index (κ3) is 3.63. The molecule has 0 bridgehead atoms. The van der Waals surface area contributed by atoms with E-state index in [1.54, 1.807) is 6.07 Å². The molecule has 0 saturated heterocycles. The van der Waals surface area contributed by atoms with E-state index in [1.807, 2.05) is 30.3 Å². The molecule has 5 heteroatoms. The fraction of sp³-hybridized carbons (Fsp3) is 0.0526. The molecule has 0 atom stereocenters. The summed E-state index contributed by atoms with van der Waals surface area (Å²) in [6.45, 7) is 0.398. The summed E-state index contributed by atoms with van der Waals surface area (Å²) in [5.41, 5.74) is 2.34. The lowest BCUT2D eigenvalue weighted by atomic mass is 10.1. The van der Waals surface area contributed by atoms with E-state index >= 15 is 0 Å². The van der Waals surface area contributed by atoms with Crippen LogP contribution in [0, 0.1) is 11.6 Å². The average molecular weight is 324 g/mol. The van der Waals surface area contributed by atoms with E-state index < -0.39 is 11.6 Å². The maximum atomic E-state index is 13.4. The second-order valence-electron chi connectivity index (χ2n) is 5.26. The Hall–Kier alpha value is -3.08. The standard InChI is InChI=1S/C19H14F2N2O/c20-17-7-6-14(9-18(17)21)15-8-16(12-22-11-15)19(24)23-10-13-4-2-1-3-5-13/h1-9,11-12H,10H2,(H,23,24). The molecule has 1 heterocycles. The molecule has 0 aliphatic rings. The molecule has 0 aliphatic carbocycles. The molecule has 1 amide bonds. The molecule has 0 radical (unpaired) electrons. The smallest absolute Gasteiger partial charge is 0.253 e. The normalized spacial score (nSPS) is 10.4. The summed E-state index contributed by atoms with van der Waals surface area (Å²) in [6, 6.07) is 14.7. The minimum Gasteiger partial charge on any atom is -0.348 e. The van der Waals surface area contributed by atoms with Gasteiger partial charge in [0.1, 0.15) is 0 Å². The van der Waals surface area contributed by atoms with Gasteiger partial charge in [0.25, 0.3) is 5.91 Å². The lowest BCUT2D eigenvalue weighted by Crippen LogP contribution is -2.22. The van der Waals surface area contributed by atoms with E-state index in [1.165, 1.54) is 18.5 Å². The average Bonchev–Trinajstić information content (AvgIpc) is 2.63. The van der Waals surface area contributed by atoms with Gasteiger partial charge in [0, 0.05) is 24.5 Å². The van der Waals surface area contributed by atoms with Crippen molar-refractivity contribution < 1.29 is 13.6 Å². The first-order valence-corrected chi connectivity index (χ1v) is 7.36. The van der Waals surface area contributed by atoms with Crippen LogP contribution in [0.25, 0.3) is 11.1 Å². The molecule has 0 aliphatic heterocycles. The Morgan fingerprint density at radius 3 is 2.46 bits per heavy atom. The molecular formula is C19H14F2N2O. The van der Waals surface area contributed by atoms with E-state index in [4.69, 9.17) is 0 Å². The number of carbonyl (C=O) groups excluding carboxylic acids is 1. The zero-order valence-corrected chi connectivity index (χ0v) is 12.7. The fourth-order valence-corrected chi connectivity index (χ4v) is 2.28. The first-order valence-electron chi connectivity index (χ1n) is 7.36. The minimum absolute atomic E-state index is 0.282. The molecule has 3 nitrogen and oxygen atoms in total. The quantitative estimate of drug-likeness (QED) is 0.789. The van der Waals surface area contributed by atoms with Crippen molar-refractivity contribution in [1.29, 1.82) is 0 Å². The molecule has 24 heavy (non-hydrogen) atoms. The van der Waals surface area contributed by atoms with Gasteiger partial charge in [0.05, 0.1) is 5.56 Å². The largest absolute Gasteiger partial charge is 0.348 e. The highest BCUT2D eigenvalue weighted by Gasteiger charge is 2.09. The number of halogens is 2. The molecule has 3 rings (SSSR count). The van der Waals surface area contributed by atoms with Crippen molar-refractivity contribution in [1.82, 2.24) is 10.3 Å². The maximum Gasteiger partial charge on any atom is 0.253 e. The van der Waals surface area contributed by atoms with Gasteiger partial charge in [0.2, 0.25) is 0 Å². The maximum absolute atomic E-state index is 13.4. The Bertz CT molecular complexity index is 866. The van der Waals surface area contributed by atoms with Crippen LogP contribution in [0.5, 0.6) is 0 Å². The van der Waals surface area contributed by atoms with Gasteiger partial charge in [-0.05, 0) is 29.3 Å². The number of hydrogen-bond donors (Lipinski definition) is 1. The summed E-state index contributed by atoms with van der Waals surface area (Å²) >= 11 is 0. The van der Waals surface area contributed by atoms with Crippen molar-refractivity contribution in [3.8, 4) is 11.1 Å². The molecule has 1 aromatic heterocycles. The molecule has 0 saturated carbocycles. The number of nitrogens with one attached hydrogen (secondary N) is 1. The summed E-state index contributed by atoms with van der Waals surface area (Å²) in [7, 11) is 0. The number of pyridine rings is 1. The number of benzene rings is 2. The molecule has 0 spiro atoms. The molecule has 3 aromatic rings. The van der Waals surface area contributed by atoms with Crippen LogP contribution in [-0.4, -0.2) is 10.9 Å². The number of rotatable bonds is 4. The zero-order valence-electron chi connectivity index (χ0n) is 12.7. The number of carbonyl (C=O) groups is 1. The lowest BCUT2D eigenvalue weighted by Gasteiger charge is -2.07. The highest BCUT2D eigenvalue weighted by Crippen LogP contribution is 2.21. The van der Waals surface area contributed by atoms with Crippen LogP contribution >= 0.6 is 0 Å². The number of hydrogen-bond acceptors (Lipinski definition) is 2. The Balaban J connectivity index is 1.77. The highest BCUT2D eigenvalue weighted by atomic mass is 19.2. The van der Waals surface area contributed by atoms with Gasteiger partial charge < -0.3 is 5.32 Å². The summed E-state index contributed by atoms with van der Waals surface area (Å²) in [4.78, 5) is 16.2. The third-order valence-corrected chi connectivity index (χ3v) is 3.55. The zero-order chi connectivity index (χ0) is 16.9. The van der Waals surface area contributed by atoms with Crippen molar-refractivity contribution in [2.24, 2.45) is 0 Å². The van der Waals surface area contributed by atoms with Crippen molar-refractivity contribution in [3.63, 3.8) is 0 Å². The second kappa shape index (κ2) is 7.00. The fourth-order valence-electron chi connectivity index (χ4n) is 2.28. The van der Waals surface area contributed by atoms with Gasteiger partial charge in [-0.25, -0.2) is 8.78 Å². The van der Waals surface area contributed by atoms with E-state index in [9.17, 15) is 13.6 Å². The van der Waals surface area contributed by atoms with Gasteiger partial charge in [-0.2, -0.15) is 0 Å². The number of aromatic nitrogens is 1. The van der Waals surface area contributed by atoms with Crippen LogP contribution in [0.3, 0.4) is 0 Å². The van der Waals surface area contributed by atoms with Crippen molar-refractivity contribution >= 4 is 5.91 Å². The molecular weight excluding hydrogens is 310 g/mol. The van der Waals surface area contributed by atoms with Gasteiger partial charge in [-0.3, -0.25) is 9.78 Å². The summed E-state index contributed by atoms with van der Waals surface area (Å²) in [5, 5.41) is 2.80. The van der Waals surface area contributed by atoms with Crippen LogP contribution in [0.15, 0.2) is 67.0 Å². The van der Waals surface area contributed by atoms with E-state index in [2.05, 4.69) is 10.3 Å². The molecule has 2 aromatic carbocycles. The van der Waals surface area contributed by atoms with Crippen molar-refractivity contribution in [3.05, 3.63) is 89.8 Å². The predicted molar refractivity (Wildman–Crippen MR) is 87.2 cm³/mol. The van der Waals surface area contributed by atoms with Gasteiger partial charge in [-0.1, -0.05) is 36.4 Å². The van der Waals surface area contributed by atoms with Gasteiger partial charge in [0.15, 0.2) is 11.6 Å². The topological polar surface area (TPSA) is 42.0 Å².